The van der Waals surface area contributed by atoms with Gasteiger partial charge in [0.2, 0.25) is 5.91 Å². The van der Waals surface area contributed by atoms with E-state index in [1.165, 1.54) is 12.1 Å². The number of piperidine rings is 1. The van der Waals surface area contributed by atoms with E-state index in [9.17, 15) is 9.18 Å². The number of carbonyl (C=O) groups is 1. The summed E-state index contributed by atoms with van der Waals surface area (Å²) in [5, 5.41) is 0. The number of nitrogens with zero attached hydrogens (tertiary/aromatic N) is 3. The van der Waals surface area contributed by atoms with Gasteiger partial charge in [-0.05, 0) is 43.2 Å². The van der Waals surface area contributed by atoms with Crippen LogP contribution in [0.25, 0.3) is 22.4 Å². The van der Waals surface area contributed by atoms with E-state index in [1.54, 1.807) is 20.3 Å². The summed E-state index contributed by atoms with van der Waals surface area (Å²) in [6, 6.07) is 10.6. The van der Waals surface area contributed by atoms with Gasteiger partial charge in [-0.25, -0.2) is 9.37 Å². The van der Waals surface area contributed by atoms with Crippen LogP contribution in [0.1, 0.15) is 32.7 Å². The smallest absolute Gasteiger partial charge is 0.225 e. The highest BCUT2D eigenvalue weighted by molar-refractivity contribution is 5.81. The number of carbonyl (C=O) groups excluding carboxylic acids is 1. The van der Waals surface area contributed by atoms with Crippen molar-refractivity contribution >= 4 is 16.9 Å². The van der Waals surface area contributed by atoms with E-state index in [0.29, 0.717) is 30.1 Å². The van der Waals surface area contributed by atoms with Crippen molar-refractivity contribution in [2.45, 2.75) is 32.7 Å². The van der Waals surface area contributed by atoms with E-state index < -0.39 is 0 Å². The second kappa shape index (κ2) is 8.57. The maximum atomic E-state index is 13.9. The molecule has 0 radical (unpaired) electrons. The van der Waals surface area contributed by atoms with Crippen molar-refractivity contribution in [2.24, 2.45) is 5.92 Å². The number of halogens is 1. The zero-order valence-corrected chi connectivity index (χ0v) is 18.4. The second-order valence-electron chi connectivity index (χ2n) is 8.22. The van der Waals surface area contributed by atoms with Crippen LogP contribution in [0.2, 0.25) is 0 Å². The standard InChI is InChI=1S/C24H28FN3O3/c1-15(2)24(29)27-11-9-18(10-12-27)28-20-7-6-17(25)14-19(20)26-23(28)16-5-8-21(30-3)22(13-16)31-4/h5-8,13-15,18H,9-12H2,1-4H3. The molecule has 3 aromatic rings. The van der Waals surface area contributed by atoms with Crippen molar-refractivity contribution in [2.75, 3.05) is 27.3 Å². The minimum atomic E-state index is -0.312. The summed E-state index contributed by atoms with van der Waals surface area (Å²) < 4.78 is 26.9. The number of benzene rings is 2. The van der Waals surface area contributed by atoms with E-state index in [2.05, 4.69) is 4.57 Å². The molecule has 1 fully saturated rings. The maximum Gasteiger partial charge on any atom is 0.225 e. The number of imidazole rings is 1. The average Bonchev–Trinajstić information content (AvgIpc) is 3.16. The predicted molar refractivity (Wildman–Crippen MR) is 118 cm³/mol. The Bertz CT molecular complexity index is 1100. The first-order chi connectivity index (χ1) is 14.9. The van der Waals surface area contributed by atoms with Gasteiger partial charge in [0.25, 0.3) is 0 Å². The van der Waals surface area contributed by atoms with Crippen molar-refractivity contribution in [3.63, 3.8) is 0 Å². The highest BCUT2D eigenvalue weighted by Gasteiger charge is 2.28. The largest absolute Gasteiger partial charge is 0.493 e. The van der Waals surface area contributed by atoms with Crippen LogP contribution in [0.3, 0.4) is 0 Å². The first kappa shape index (κ1) is 21.2. The van der Waals surface area contributed by atoms with Gasteiger partial charge in [0, 0.05) is 36.7 Å². The molecular formula is C24H28FN3O3. The van der Waals surface area contributed by atoms with Crippen LogP contribution in [0.15, 0.2) is 36.4 Å². The van der Waals surface area contributed by atoms with Gasteiger partial charge in [0.15, 0.2) is 11.5 Å². The number of hydrogen-bond donors (Lipinski definition) is 0. The molecule has 0 bridgehead atoms. The second-order valence-corrected chi connectivity index (χ2v) is 8.22. The van der Waals surface area contributed by atoms with Crippen LogP contribution in [0.4, 0.5) is 4.39 Å². The Hall–Kier alpha value is -3.09. The third kappa shape index (κ3) is 3.96. The summed E-state index contributed by atoms with van der Waals surface area (Å²) in [7, 11) is 3.20. The number of ether oxygens (including phenoxy) is 2. The molecule has 2 heterocycles. The SMILES string of the molecule is COc1ccc(-c2nc3cc(F)ccc3n2C2CCN(C(=O)C(C)C)CC2)cc1OC. The van der Waals surface area contributed by atoms with Crippen LogP contribution < -0.4 is 9.47 Å². The molecule has 164 valence electrons. The lowest BCUT2D eigenvalue weighted by molar-refractivity contribution is -0.135. The van der Waals surface area contributed by atoms with Crippen LogP contribution >= 0.6 is 0 Å². The monoisotopic (exact) mass is 425 g/mol. The van der Waals surface area contributed by atoms with Crippen molar-refractivity contribution in [3.8, 4) is 22.9 Å². The number of likely N-dealkylation sites (tertiary alicyclic amines) is 1. The first-order valence-electron chi connectivity index (χ1n) is 10.6. The van der Waals surface area contributed by atoms with Gasteiger partial charge in [0.05, 0.1) is 25.3 Å². The molecular weight excluding hydrogens is 397 g/mol. The van der Waals surface area contributed by atoms with Crippen LogP contribution in [0, 0.1) is 11.7 Å². The van der Waals surface area contributed by atoms with E-state index in [1.807, 2.05) is 36.9 Å². The Morgan fingerprint density at radius 3 is 2.42 bits per heavy atom. The molecule has 0 N–H and O–H groups in total. The molecule has 6 nitrogen and oxygen atoms in total. The van der Waals surface area contributed by atoms with Crippen molar-refractivity contribution < 1.29 is 18.7 Å². The average molecular weight is 426 g/mol. The lowest BCUT2D eigenvalue weighted by Gasteiger charge is -2.34. The molecule has 1 aliphatic heterocycles. The van der Waals surface area contributed by atoms with Gasteiger partial charge in [-0.2, -0.15) is 0 Å². The molecule has 1 saturated heterocycles. The summed E-state index contributed by atoms with van der Waals surface area (Å²) in [5.41, 5.74) is 2.38. The highest BCUT2D eigenvalue weighted by atomic mass is 19.1. The number of hydrogen-bond acceptors (Lipinski definition) is 4. The van der Waals surface area contributed by atoms with Crippen LogP contribution in [-0.4, -0.2) is 47.7 Å². The Morgan fingerprint density at radius 2 is 1.77 bits per heavy atom. The molecule has 0 saturated carbocycles. The molecule has 1 amide bonds. The minimum absolute atomic E-state index is 0.00377. The van der Waals surface area contributed by atoms with Crippen LogP contribution in [-0.2, 0) is 4.79 Å². The normalized spacial score (nSPS) is 15.0. The summed E-state index contributed by atoms with van der Waals surface area (Å²) >= 11 is 0. The van der Waals surface area contributed by atoms with Gasteiger partial charge in [-0.1, -0.05) is 13.8 Å². The van der Waals surface area contributed by atoms with E-state index in [0.717, 1.165) is 29.7 Å². The molecule has 0 atom stereocenters. The molecule has 0 unspecified atom stereocenters. The third-order valence-corrected chi connectivity index (χ3v) is 5.93. The Labute approximate surface area is 181 Å². The van der Waals surface area contributed by atoms with Gasteiger partial charge >= 0.3 is 0 Å². The fourth-order valence-corrected chi connectivity index (χ4v) is 4.33. The van der Waals surface area contributed by atoms with E-state index in [4.69, 9.17) is 14.5 Å². The summed E-state index contributed by atoms with van der Waals surface area (Å²) in [5.74, 6) is 1.89. The van der Waals surface area contributed by atoms with Gasteiger partial charge in [-0.3, -0.25) is 4.79 Å². The fourth-order valence-electron chi connectivity index (χ4n) is 4.33. The number of amides is 1. The zero-order valence-electron chi connectivity index (χ0n) is 18.4. The molecule has 2 aromatic carbocycles. The Kier molecular flexibility index (Phi) is 5.85. The number of fused-ring (bicyclic) bond motifs is 1. The quantitative estimate of drug-likeness (QED) is 0.596. The third-order valence-electron chi connectivity index (χ3n) is 5.93. The minimum Gasteiger partial charge on any atom is -0.493 e. The fraction of sp³-hybridized carbons (Fsp3) is 0.417. The molecule has 4 rings (SSSR count). The Morgan fingerprint density at radius 1 is 1.06 bits per heavy atom. The van der Waals surface area contributed by atoms with Crippen molar-refractivity contribution in [1.29, 1.82) is 0 Å². The molecule has 7 heteroatoms. The van der Waals surface area contributed by atoms with Crippen LogP contribution in [0.5, 0.6) is 11.5 Å². The number of methoxy groups -OCH3 is 2. The van der Waals surface area contributed by atoms with Gasteiger partial charge < -0.3 is 18.9 Å². The Balaban J connectivity index is 1.76. The van der Waals surface area contributed by atoms with E-state index in [-0.39, 0.29) is 23.7 Å². The lowest BCUT2D eigenvalue weighted by Crippen LogP contribution is -2.41. The summed E-state index contributed by atoms with van der Waals surface area (Å²) in [6.45, 7) is 5.27. The maximum absolute atomic E-state index is 13.9. The molecule has 0 aliphatic carbocycles. The van der Waals surface area contributed by atoms with Crippen molar-refractivity contribution in [1.82, 2.24) is 14.5 Å². The molecule has 1 aromatic heterocycles. The molecule has 1 aliphatic rings. The summed E-state index contributed by atoms with van der Waals surface area (Å²) in [6.07, 6.45) is 1.64. The lowest BCUT2D eigenvalue weighted by atomic mass is 10.0. The first-order valence-corrected chi connectivity index (χ1v) is 10.6. The van der Waals surface area contributed by atoms with Crippen molar-refractivity contribution in [3.05, 3.63) is 42.2 Å². The number of aromatic nitrogens is 2. The number of rotatable bonds is 5. The van der Waals surface area contributed by atoms with Gasteiger partial charge in [0.1, 0.15) is 11.6 Å². The topological polar surface area (TPSA) is 56.6 Å². The molecule has 31 heavy (non-hydrogen) atoms. The molecule has 0 spiro atoms. The van der Waals surface area contributed by atoms with E-state index >= 15 is 0 Å². The van der Waals surface area contributed by atoms with Gasteiger partial charge in [-0.15, -0.1) is 0 Å². The zero-order chi connectivity index (χ0) is 22.1. The summed E-state index contributed by atoms with van der Waals surface area (Å²) in [4.78, 5) is 19.1. The predicted octanol–water partition coefficient (Wildman–Crippen LogP) is 4.68. The highest BCUT2D eigenvalue weighted by Crippen LogP contribution is 2.37.